The third-order valence-electron chi connectivity index (χ3n) is 8.77. The van der Waals surface area contributed by atoms with Gasteiger partial charge in [0.1, 0.15) is 0 Å². The number of fused-ring (bicyclic) bond motifs is 3. The second kappa shape index (κ2) is 8.48. The number of alkyl halides is 2. The highest BCUT2D eigenvalue weighted by atomic mass is 19.3. The van der Waals surface area contributed by atoms with Gasteiger partial charge in [-0.25, -0.2) is 8.78 Å². The van der Waals surface area contributed by atoms with Crippen molar-refractivity contribution in [1.29, 1.82) is 0 Å². The fourth-order valence-corrected chi connectivity index (χ4v) is 6.76. The zero-order valence-electron chi connectivity index (χ0n) is 17.4. The molecule has 0 heterocycles. The molecular formula is C24H42F2. The van der Waals surface area contributed by atoms with Crippen LogP contribution in [0.1, 0.15) is 123 Å². The number of rotatable bonds is 9. The first-order valence-electron chi connectivity index (χ1n) is 11.8. The summed E-state index contributed by atoms with van der Waals surface area (Å²) in [5, 5.41) is 0. The Morgan fingerprint density at radius 2 is 1.38 bits per heavy atom. The van der Waals surface area contributed by atoms with Crippen LogP contribution in [0.5, 0.6) is 0 Å². The Hall–Kier alpha value is -0.140. The van der Waals surface area contributed by atoms with Crippen molar-refractivity contribution in [2.24, 2.45) is 22.7 Å². The Morgan fingerprint density at radius 1 is 0.769 bits per heavy atom. The zero-order chi connectivity index (χ0) is 18.7. The molecule has 26 heavy (non-hydrogen) atoms. The lowest BCUT2D eigenvalue weighted by molar-refractivity contribution is -0.148. The van der Waals surface area contributed by atoms with Crippen LogP contribution in [0.4, 0.5) is 8.78 Å². The van der Waals surface area contributed by atoms with Gasteiger partial charge in [-0.15, -0.1) is 0 Å². The summed E-state index contributed by atoms with van der Waals surface area (Å²) in [7, 11) is 0. The highest BCUT2D eigenvalue weighted by Gasteiger charge is 2.55. The average Bonchev–Trinajstić information content (AvgIpc) is 2.64. The minimum Gasteiger partial charge on any atom is -0.207 e. The maximum atomic E-state index is 14.9. The van der Waals surface area contributed by atoms with Gasteiger partial charge >= 0.3 is 0 Å². The van der Waals surface area contributed by atoms with E-state index in [0.717, 1.165) is 38.5 Å². The second-order valence-electron chi connectivity index (χ2n) is 10.3. The summed E-state index contributed by atoms with van der Waals surface area (Å²) in [6.07, 6.45) is 19.2. The molecule has 0 aliphatic heterocycles. The average molecular weight is 369 g/mol. The van der Waals surface area contributed by atoms with E-state index in [9.17, 15) is 8.78 Å². The van der Waals surface area contributed by atoms with Crippen molar-refractivity contribution in [3.63, 3.8) is 0 Å². The third-order valence-corrected chi connectivity index (χ3v) is 8.77. The number of hydrogen-bond donors (Lipinski definition) is 0. The maximum Gasteiger partial charge on any atom is 0.251 e. The van der Waals surface area contributed by atoms with Gasteiger partial charge in [0.15, 0.2) is 0 Å². The zero-order valence-corrected chi connectivity index (χ0v) is 17.4. The number of hydrogen-bond acceptors (Lipinski definition) is 0. The van der Waals surface area contributed by atoms with Crippen molar-refractivity contribution in [2.45, 2.75) is 129 Å². The Bertz CT molecular complexity index is 417. The summed E-state index contributed by atoms with van der Waals surface area (Å²) >= 11 is 0. The minimum absolute atomic E-state index is 0.201. The normalized spacial score (nSPS) is 39.2. The van der Waals surface area contributed by atoms with Crippen LogP contribution in [0.25, 0.3) is 0 Å². The molecule has 0 N–H and O–H groups in total. The summed E-state index contributed by atoms with van der Waals surface area (Å²) in [5.74, 6) is -2.44. The van der Waals surface area contributed by atoms with Crippen LogP contribution >= 0.6 is 0 Å². The van der Waals surface area contributed by atoms with E-state index in [1.807, 2.05) is 0 Å². The quantitative estimate of drug-likeness (QED) is 0.358. The molecule has 4 saturated carbocycles. The molecular weight excluding hydrogens is 326 g/mol. The van der Waals surface area contributed by atoms with Crippen molar-refractivity contribution in [1.82, 2.24) is 0 Å². The molecule has 4 aliphatic carbocycles. The number of unbranched alkanes of at least 4 members (excludes halogenated alkanes) is 4. The Labute approximate surface area is 160 Å². The van der Waals surface area contributed by atoms with E-state index in [4.69, 9.17) is 0 Å². The van der Waals surface area contributed by atoms with Gasteiger partial charge < -0.3 is 0 Å². The molecule has 0 aromatic carbocycles. The molecule has 4 rings (SSSR count). The topological polar surface area (TPSA) is 0 Å². The fraction of sp³-hybridized carbons (Fsp3) is 1.00. The Balaban J connectivity index is 1.55. The van der Waals surface area contributed by atoms with Crippen molar-refractivity contribution in [3.05, 3.63) is 0 Å². The lowest BCUT2D eigenvalue weighted by Gasteiger charge is -2.58. The Morgan fingerprint density at radius 3 is 1.96 bits per heavy atom. The summed E-state index contributed by atoms with van der Waals surface area (Å²) in [6, 6.07) is 0. The molecule has 2 atom stereocenters. The van der Waals surface area contributed by atoms with Crippen molar-refractivity contribution in [2.75, 3.05) is 0 Å². The molecule has 152 valence electrons. The van der Waals surface area contributed by atoms with E-state index in [2.05, 4.69) is 13.8 Å². The second-order valence-corrected chi connectivity index (χ2v) is 10.3. The highest BCUT2D eigenvalue weighted by molar-refractivity contribution is 5.04. The molecule has 0 aromatic rings. The first-order chi connectivity index (χ1) is 12.5. The van der Waals surface area contributed by atoms with Gasteiger partial charge in [0.05, 0.1) is 0 Å². The van der Waals surface area contributed by atoms with E-state index in [-0.39, 0.29) is 17.8 Å². The van der Waals surface area contributed by atoms with Crippen molar-refractivity contribution < 1.29 is 8.78 Å². The summed E-state index contributed by atoms with van der Waals surface area (Å²) in [5.41, 5.74) is 0.876. The summed E-state index contributed by atoms with van der Waals surface area (Å²) < 4.78 is 29.8. The van der Waals surface area contributed by atoms with Gasteiger partial charge in [0, 0.05) is 12.3 Å². The van der Waals surface area contributed by atoms with E-state index >= 15 is 0 Å². The molecule has 0 spiro atoms. The van der Waals surface area contributed by atoms with Gasteiger partial charge in [-0.2, -0.15) is 0 Å². The van der Waals surface area contributed by atoms with Crippen LogP contribution in [0.3, 0.4) is 0 Å². The highest BCUT2D eigenvalue weighted by Crippen LogP contribution is 2.64. The molecule has 4 aliphatic rings. The molecule has 2 bridgehead atoms. The molecule has 0 nitrogen and oxygen atoms in total. The summed E-state index contributed by atoms with van der Waals surface area (Å²) in [4.78, 5) is 0. The van der Waals surface area contributed by atoms with Gasteiger partial charge in [-0.1, -0.05) is 52.4 Å². The van der Waals surface area contributed by atoms with E-state index in [0.29, 0.717) is 11.3 Å². The van der Waals surface area contributed by atoms with Crippen LogP contribution in [0.2, 0.25) is 0 Å². The molecule has 0 amide bonds. The van der Waals surface area contributed by atoms with Gasteiger partial charge in [0.25, 0.3) is 5.92 Å². The SMILES string of the molecule is CCCCC[C@H]1CC[C@H](C23CCC(CCCCC)(CC2)CC3)CC1(F)F. The van der Waals surface area contributed by atoms with Gasteiger partial charge in [-0.05, 0) is 81.0 Å². The molecule has 4 fully saturated rings. The van der Waals surface area contributed by atoms with Gasteiger partial charge in [0.2, 0.25) is 0 Å². The predicted molar refractivity (Wildman–Crippen MR) is 107 cm³/mol. The molecule has 0 saturated heterocycles. The smallest absolute Gasteiger partial charge is 0.207 e. The van der Waals surface area contributed by atoms with Crippen molar-refractivity contribution >= 4 is 0 Å². The lowest BCUT2D eigenvalue weighted by atomic mass is 9.47. The van der Waals surface area contributed by atoms with Crippen LogP contribution < -0.4 is 0 Å². The van der Waals surface area contributed by atoms with E-state index < -0.39 is 5.92 Å². The first kappa shape index (κ1) is 20.6. The van der Waals surface area contributed by atoms with Crippen LogP contribution in [0.15, 0.2) is 0 Å². The van der Waals surface area contributed by atoms with E-state index in [1.165, 1.54) is 64.2 Å². The molecule has 0 radical (unpaired) electrons. The van der Waals surface area contributed by atoms with Crippen LogP contribution in [-0.2, 0) is 0 Å². The monoisotopic (exact) mass is 368 g/mol. The Kier molecular flexibility index (Phi) is 6.71. The van der Waals surface area contributed by atoms with Gasteiger partial charge in [-0.3, -0.25) is 0 Å². The number of halogens is 2. The minimum atomic E-state index is -2.40. The molecule has 0 aromatic heterocycles. The summed E-state index contributed by atoms with van der Waals surface area (Å²) in [6.45, 7) is 4.44. The fourth-order valence-electron chi connectivity index (χ4n) is 6.76. The molecule has 2 heteroatoms. The molecule has 0 unspecified atom stereocenters. The lowest BCUT2D eigenvalue weighted by Crippen LogP contribution is -2.49. The van der Waals surface area contributed by atoms with E-state index in [1.54, 1.807) is 0 Å². The van der Waals surface area contributed by atoms with Crippen molar-refractivity contribution in [3.8, 4) is 0 Å². The third kappa shape index (κ3) is 4.30. The maximum absolute atomic E-state index is 14.9. The van der Waals surface area contributed by atoms with Crippen LogP contribution in [0, 0.1) is 22.7 Å². The largest absolute Gasteiger partial charge is 0.251 e. The predicted octanol–water partition coefficient (Wildman–Crippen LogP) is 8.54. The first-order valence-corrected chi connectivity index (χ1v) is 11.8. The standard InChI is InChI=1S/C24H42F2/c1-3-5-7-9-20-10-11-21(19-24(20,25)26)23-16-13-22(14-17-23,15-18-23)12-8-6-4-2/h20-21H,3-19H2,1-2H3/t20-,21-,22?,23?/m0/s1. The van der Waals surface area contributed by atoms with Crippen LogP contribution in [-0.4, -0.2) is 5.92 Å².